The van der Waals surface area contributed by atoms with E-state index in [0.717, 1.165) is 27.5 Å². The second kappa shape index (κ2) is 7.86. The highest BCUT2D eigenvalue weighted by Crippen LogP contribution is 2.30. The van der Waals surface area contributed by atoms with E-state index in [-0.39, 0.29) is 12.3 Å². The number of rotatable bonds is 6. The van der Waals surface area contributed by atoms with E-state index in [1.807, 2.05) is 72.3 Å². The van der Waals surface area contributed by atoms with Gasteiger partial charge in [-0.3, -0.25) is 9.20 Å². The number of carbonyl (C=O) groups is 1. The number of benzene rings is 2. The van der Waals surface area contributed by atoms with Crippen LogP contribution in [0, 0.1) is 13.8 Å². The third-order valence-corrected chi connectivity index (χ3v) is 5.24. The van der Waals surface area contributed by atoms with Crippen LogP contribution >= 0.6 is 11.3 Å². The van der Waals surface area contributed by atoms with Gasteiger partial charge in [0.15, 0.2) is 4.96 Å². The molecule has 0 bridgehead atoms. The summed E-state index contributed by atoms with van der Waals surface area (Å²) >= 11 is 1.54. The van der Waals surface area contributed by atoms with Crippen LogP contribution in [0.25, 0.3) is 16.2 Å². The van der Waals surface area contributed by atoms with Crippen LogP contribution in [0.15, 0.2) is 60.1 Å². The van der Waals surface area contributed by atoms with E-state index in [0.29, 0.717) is 12.4 Å². The van der Waals surface area contributed by atoms with Crippen LogP contribution in [0.4, 0.5) is 5.82 Å². The van der Waals surface area contributed by atoms with Gasteiger partial charge in [0.25, 0.3) is 0 Å². The molecule has 0 fully saturated rings. The van der Waals surface area contributed by atoms with Gasteiger partial charge in [0.1, 0.15) is 17.3 Å². The Morgan fingerprint density at radius 3 is 2.79 bits per heavy atom. The van der Waals surface area contributed by atoms with E-state index < -0.39 is 0 Å². The first-order valence-electron chi connectivity index (χ1n) is 9.12. The minimum absolute atomic E-state index is 0.102. The number of aryl methyl sites for hydroxylation is 2. The third-order valence-electron chi connectivity index (χ3n) is 4.48. The van der Waals surface area contributed by atoms with E-state index in [1.54, 1.807) is 0 Å². The molecule has 5 nitrogen and oxygen atoms in total. The summed E-state index contributed by atoms with van der Waals surface area (Å²) in [6.07, 6.45) is 2.18. The van der Waals surface area contributed by atoms with Crippen molar-refractivity contribution in [3.05, 3.63) is 71.2 Å². The highest BCUT2D eigenvalue weighted by atomic mass is 32.1. The Morgan fingerprint density at radius 2 is 2.00 bits per heavy atom. The number of nitrogens with zero attached hydrogens (tertiary/aromatic N) is 2. The average molecular weight is 391 g/mol. The lowest BCUT2D eigenvalue weighted by molar-refractivity contribution is -0.116. The van der Waals surface area contributed by atoms with Crippen molar-refractivity contribution in [1.82, 2.24) is 9.38 Å². The van der Waals surface area contributed by atoms with Gasteiger partial charge >= 0.3 is 0 Å². The molecule has 0 saturated carbocycles. The highest BCUT2D eigenvalue weighted by molar-refractivity contribution is 7.15. The molecule has 0 saturated heterocycles. The summed E-state index contributed by atoms with van der Waals surface area (Å²) in [6.45, 7) is 4.38. The van der Waals surface area contributed by atoms with Gasteiger partial charge in [-0.2, -0.15) is 0 Å². The molecule has 1 N–H and O–H groups in total. The van der Waals surface area contributed by atoms with Crippen molar-refractivity contribution in [3.63, 3.8) is 0 Å². The van der Waals surface area contributed by atoms with E-state index in [1.165, 1.54) is 16.9 Å². The summed E-state index contributed by atoms with van der Waals surface area (Å²) in [5.74, 6) is 1.40. The molecule has 0 radical (unpaired) electrons. The summed E-state index contributed by atoms with van der Waals surface area (Å²) in [7, 11) is 0. The first kappa shape index (κ1) is 18.3. The summed E-state index contributed by atoms with van der Waals surface area (Å²) in [5, 5.41) is 4.97. The molecule has 0 aliphatic rings. The smallest absolute Gasteiger partial charge is 0.228 e. The number of amides is 1. The van der Waals surface area contributed by atoms with Gasteiger partial charge in [0.2, 0.25) is 5.91 Å². The fourth-order valence-electron chi connectivity index (χ4n) is 3.11. The first-order chi connectivity index (χ1) is 13.6. The molecule has 0 spiro atoms. The largest absolute Gasteiger partial charge is 0.493 e. The lowest BCUT2D eigenvalue weighted by atomic mass is 10.1. The quantitative estimate of drug-likeness (QED) is 0.498. The fourth-order valence-corrected chi connectivity index (χ4v) is 3.83. The molecule has 2 heterocycles. The lowest BCUT2D eigenvalue weighted by Gasteiger charge is -2.10. The maximum absolute atomic E-state index is 12.6. The maximum atomic E-state index is 12.6. The Morgan fingerprint density at radius 1 is 1.18 bits per heavy atom. The predicted octanol–water partition coefficient (Wildman–Crippen LogP) is 5.09. The molecular formula is C22H21N3O2S. The summed E-state index contributed by atoms with van der Waals surface area (Å²) in [4.78, 5) is 18.1. The Balaban J connectivity index is 1.47. The zero-order valence-electron chi connectivity index (χ0n) is 15.8. The van der Waals surface area contributed by atoms with Crippen molar-refractivity contribution < 1.29 is 9.53 Å². The number of fused-ring (bicyclic) bond motifs is 1. The second-order valence-electron chi connectivity index (χ2n) is 6.65. The van der Waals surface area contributed by atoms with Gasteiger partial charge in [0.05, 0.1) is 13.0 Å². The molecule has 0 unspecified atom stereocenters. The SMILES string of the molecule is Cc1ccc(OCCC(=O)Nc2c(-c3ccccc3)nc3sccn23)c(C)c1. The Hall–Kier alpha value is -3.12. The minimum atomic E-state index is -0.102. The predicted molar refractivity (Wildman–Crippen MR) is 113 cm³/mol. The zero-order valence-corrected chi connectivity index (χ0v) is 16.6. The van der Waals surface area contributed by atoms with E-state index in [4.69, 9.17) is 4.74 Å². The Labute approximate surface area is 167 Å². The average Bonchev–Trinajstić information content (AvgIpc) is 3.27. The first-order valence-corrected chi connectivity index (χ1v) is 10.0. The number of aromatic nitrogens is 2. The normalized spacial score (nSPS) is 10.9. The molecule has 1 amide bonds. The zero-order chi connectivity index (χ0) is 19.5. The fraction of sp³-hybridized carbons (Fsp3) is 0.182. The van der Waals surface area contributed by atoms with Crippen molar-refractivity contribution in [2.75, 3.05) is 11.9 Å². The molecular weight excluding hydrogens is 370 g/mol. The number of nitrogens with one attached hydrogen (secondary N) is 1. The van der Waals surface area contributed by atoms with Crippen molar-refractivity contribution in [2.45, 2.75) is 20.3 Å². The van der Waals surface area contributed by atoms with Gasteiger partial charge in [-0.15, -0.1) is 11.3 Å². The molecule has 6 heteroatoms. The van der Waals surface area contributed by atoms with Gasteiger partial charge < -0.3 is 10.1 Å². The number of hydrogen-bond acceptors (Lipinski definition) is 4. The number of thiazole rings is 1. The van der Waals surface area contributed by atoms with Crippen LogP contribution in [0.3, 0.4) is 0 Å². The minimum Gasteiger partial charge on any atom is -0.493 e. The van der Waals surface area contributed by atoms with Crippen molar-refractivity contribution in [2.24, 2.45) is 0 Å². The standard InChI is InChI=1S/C22H21N3O2S/c1-15-8-9-18(16(2)14-15)27-12-10-19(26)23-21-20(17-6-4-3-5-7-17)24-22-25(21)11-13-28-22/h3-9,11,13-14H,10,12H2,1-2H3,(H,23,26). The van der Waals surface area contributed by atoms with E-state index in [9.17, 15) is 4.79 Å². The molecule has 0 aliphatic carbocycles. The van der Waals surface area contributed by atoms with Crippen LogP contribution in [0.1, 0.15) is 17.5 Å². The molecule has 2 aromatic heterocycles. The molecule has 28 heavy (non-hydrogen) atoms. The summed E-state index contributed by atoms with van der Waals surface area (Å²) < 4.78 is 7.70. The maximum Gasteiger partial charge on any atom is 0.228 e. The van der Waals surface area contributed by atoms with Crippen molar-refractivity contribution in [1.29, 1.82) is 0 Å². The summed E-state index contributed by atoms with van der Waals surface area (Å²) in [6, 6.07) is 15.9. The molecule has 0 atom stereocenters. The number of anilines is 1. The van der Waals surface area contributed by atoms with Gasteiger partial charge in [-0.25, -0.2) is 4.98 Å². The van der Waals surface area contributed by atoms with Crippen LogP contribution in [0.2, 0.25) is 0 Å². The lowest BCUT2D eigenvalue weighted by Crippen LogP contribution is -2.16. The molecule has 2 aromatic carbocycles. The Kier molecular flexibility index (Phi) is 5.12. The van der Waals surface area contributed by atoms with Gasteiger partial charge in [-0.1, -0.05) is 48.0 Å². The number of ether oxygens (including phenoxy) is 1. The summed E-state index contributed by atoms with van der Waals surface area (Å²) in [5.41, 5.74) is 4.01. The molecule has 4 aromatic rings. The van der Waals surface area contributed by atoms with Crippen LogP contribution in [-0.2, 0) is 4.79 Å². The van der Waals surface area contributed by atoms with E-state index >= 15 is 0 Å². The topological polar surface area (TPSA) is 55.6 Å². The third kappa shape index (κ3) is 3.77. The Bertz CT molecular complexity index is 1120. The van der Waals surface area contributed by atoms with Gasteiger partial charge in [0, 0.05) is 17.1 Å². The van der Waals surface area contributed by atoms with Crippen LogP contribution < -0.4 is 10.1 Å². The molecule has 0 aliphatic heterocycles. The molecule has 4 rings (SSSR count). The second-order valence-corrected chi connectivity index (χ2v) is 7.52. The van der Waals surface area contributed by atoms with Crippen LogP contribution in [0.5, 0.6) is 5.75 Å². The van der Waals surface area contributed by atoms with Gasteiger partial charge in [-0.05, 0) is 25.5 Å². The molecule has 142 valence electrons. The number of hydrogen-bond donors (Lipinski definition) is 1. The van der Waals surface area contributed by atoms with Crippen molar-refractivity contribution in [3.8, 4) is 17.0 Å². The van der Waals surface area contributed by atoms with E-state index in [2.05, 4.69) is 16.4 Å². The highest BCUT2D eigenvalue weighted by Gasteiger charge is 2.17. The van der Waals surface area contributed by atoms with Crippen LogP contribution in [-0.4, -0.2) is 21.9 Å². The number of imidazole rings is 1. The van der Waals surface area contributed by atoms with Crippen molar-refractivity contribution >= 4 is 28.0 Å². The monoisotopic (exact) mass is 391 g/mol. The number of carbonyl (C=O) groups excluding carboxylic acids is 1.